The molecule has 106 valence electrons. The molecule has 0 aliphatic carbocycles. The molecule has 0 aliphatic rings. The van der Waals surface area contributed by atoms with Crippen molar-refractivity contribution in [2.24, 2.45) is 0 Å². The Kier molecular flexibility index (Phi) is 3.99. The summed E-state index contributed by atoms with van der Waals surface area (Å²) < 4.78 is 13.1. The summed E-state index contributed by atoms with van der Waals surface area (Å²) in [5, 5.41) is 2.65. The van der Waals surface area contributed by atoms with Crippen molar-refractivity contribution in [3.63, 3.8) is 0 Å². The van der Waals surface area contributed by atoms with Gasteiger partial charge in [0.2, 0.25) is 5.91 Å². The maximum Gasteiger partial charge on any atom is 0.331 e. The maximum atomic E-state index is 11.9. The van der Waals surface area contributed by atoms with E-state index in [1.54, 1.807) is 6.92 Å². The largest absolute Gasteiger partial charge is 0.467 e. The minimum absolute atomic E-state index is 0.283. The first kappa shape index (κ1) is 14.4. The fraction of sp³-hybridized carbons (Fsp3) is 0.385. The van der Waals surface area contributed by atoms with E-state index in [4.69, 9.17) is 4.74 Å². The summed E-state index contributed by atoms with van der Waals surface area (Å²) in [5.74, 6) is -0.765. The number of hydrogen-bond acceptors (Lipinski definition) is 6. The topological polar surface area (TPSA) is 81.2 Å². The highest BCUT2D eigenvalue weighted by atomic mass is 32.1. The highest BCUT2D eigenvalue weighted by molar-refractivity contribution is 7.00. The number of aromatic nitrogens is 2. The molecule has 2 rings (SSSR count). The van der Waals surface area contributed by atoms with Crippen LogP contribution in [-0.4, -0.2) is 33.3 Å². The highest BCUT2D eigenvalue weighted by Crippen LogP contribution is 2.19. The third kappa shape index (κ3) is 2.93. The van der Waals surface area contributed by atoms with Crippen molar-refractivity contribution in [3.05, 3.63) is 23.8 Å². The Morgan fingerprint density at radius 2 is 2.05 bits per heavy atom. The number of hydrogen-bond donors (Lipinski definition) is 1. The first-order valence-electron chi connectivity index (χ1n) is 6.03. The number of nitrogens with one attached hydrogen (secondary N) is 1. The van der Waals surface area contributed by atoms with Crippen molar-refractivity contribution in [2.45, 2.75) is 25.8 Å². The Balaban J connectivity index is 2.30. The summed E-state index contributed by atoms with van der Waals surface area (Å²) in [6, 6.07) is 5.58. The van der Waals surface area contributed by atoms with Crippen LogP contribution in [0.1, 0.15) is 19.4 Å². The fourth-order valence-corrected chi connectivity index (χ4v) is 2.64. The molecule has 6 nitrogen and oxygen atoms in total. The van der Waals surface area contributed by atoms with Crippen molar-refractivity contribution < 1.29 is 14.3 Å². The molecule has 0 spiro atoms. The highest BCUT2D eigenvalue weighted by Gasteiger charge is 2.35. The maximum absolute atomic E-state index is 11.9. The van der Waals surface area contributed by atoms with E-state index in [2.05, 4.69) is 14.1 Å². The van der Waals surface area contributed by atoms with E-state index in [1.807, 2.05) is 18.2 Å². The number of ether oxygens (including phenoxy) is 1. The molecule has 20 heavy (non-hydrogen) atoms. The summed E-state index contributed by atoms with van der Waals surface area (Å²) in [6.45, 7) is 3.01. The number of rotatable bonds is 4. The second kappa shape index (κ2) is 5.54. The summed E-state index contributed by atoms with van der Waals surface area (Å²) in [7, 11) is 1.30. The van der Waals surface area contributed by atoms with Crippen LogP contribution in [-0.2, 0) is 20.7 Å². The van der Waals surface area contributed by atoms with Gasteiger partial charge in [-0.15, -0.1) is 0 Å². The molecule has 1 aromatic carbocycles. The lowest BCUT2D eigenvalue weighted by Crippen LogP contribution is -2.53. The van der Waals surface area contributed by atoms with Crippen molar-refractivity contribution in [1.82, 2.24) is 14.1 Å². The molecular formula is C13H15N3O3S. The van der Waals surface area contributed by atoms with Crippen LogP contribution < -0.4 is 5.32 Å². The molecule has 0 saturated carbocycles. The van der Waals surface area contributed by atoms with Crippen LogP contribution in [0.25, 0.3) is 11.0 Å². The van der Waals surface area contributed by atoms with Crippen LogP contribution in [0.3, 0.4) is 0 Å². The third-order valence-corrected chi connectivity index (χ3v) is 3.52. The van der Waals surface area contributed by atoms with Gasteiger partial charge in [-0.2, -0.15) is 8.75 Å². The summed E-state index contributed by atoms with van der Waals surface area (Å²) in [5.41, 5.74) is 1.38. The smallest absolute Gasteiger partial charge is 0.331 e. The molecule has 0 fully saturated rings. The lowest BCUT2D eigenvalue weighted by molar-refractivity contribution is -0.149. The van der Waals surface area contributed by atoms with Crippen LogP contribution in [0.15, 0.2) is 18.2 Å². The predicted octanol–water partition coefficient (Wildman–Crippen LogP) is 1.30. The molecule has 7 heteroatoms. The second-order valence-corrected chi connectivity index (χ2v) is 5.30. The molecule has 2 aromatic rings. The van der Waals surface area contributed by atoms with Gasteiger partial charge in [0.25, 0.3) is 0 Å². The van der Waals surface area contributed by atoms with Crippen LogP contribution in [0.4, 0.5) is 0 Å². The predicted molar refractivity (Wildman–Crippen MR) is 75.4 cm³/mol. The Morgan fingerprint density at radius 1 is 1.35 bits per heavy atom. The Morgan fingerprint density at radius 3 is 2.70 bits per heavy atom. The van der Waals surface area contributed by atoms with E-state index in [0.717, 1.165) is 28.3 Å². The number of carbonyl (C=O) groups is 2. The molecule has 1 amide bonds. The number of nitrogens with zero attached hydrogens (tertiary/aromatic N) is 2. The van der Waals surface area contributed by atoms with Crippen LogP contribution >= 0.6 is 11.7 Å². The summed E-state index contributed by atoms with van der Waals surface area (Å²) in [6.07, 6.45) is 0.326. The molecule has 0 unspecified atom stereocenters. The number of carbonyl (C=O) groups excluding carboxylic acids is 2. The lowest BCUT2D eigenvalue weighted by Gasteiger charge is -2.27. The normalized spacial score (nSPS) is 13.8. The monoisotopic (exact) mass is 293 g/mol. The average molecular weight is 293 g/mol. The summed E-state index contributed by atoms with van der Waals surface area (Å²) >= 11 is 1.14. The van der Waals surface area contributed by atoms with Gasteiger partial charge in [-0.25, -0.2) is 4.79 Å². The number of amides is 1. The molecule has 1 atom stereocenters. The zero-order chi connectivity index (χ0) is 14.8. The van der Waals surface area contributed by atoms with Crippen molar-refractivity contribution in [1.29, 1.82) is 0 Å². The molecule has 0 aliphatic heterocycles. The molecule has 1 N–H and O–H groups in total. The fourth-order valence-electron chi connectivity index (χ4n) is 2.13. The summed E-state index contributed by atoms with van der Waals surface area (Å²) in [4.78, 5) is 23.2. The van der Waals surface area contributed by atoms with E-state index >= 15 is 0 Å². The molecular weight excluding hydrogens is 278 g/mol. The molecule has 1 heterocycles. The standard InChI is InChI=1S/C13H15N3O3S/c1-8(17)14-13(2,12(18)19-3)7-9-4-5-10-11(6-9)16-20-15-10/h4-6H,7H2,1-3H3,(H,14,17)/t13-/m0/s1. The van der Waals surface area contributed by atoms with E-state index in [1.165, 1.54) is 14.0 Å². The van der Waals surface area contributed by atoms with Gasteiger partial charge in [0.05, 0.1) is 18.8 Å². The van der Waals surface area contributed by atoms with Gasteiger partial charge in [0, 0.05) is 13.3 Å². The number of benzene rings is 1. The molecule has 0 radical (unpaired) electrons. The van der Waals surface area contributed by atoms with Crippen LogP contribution in [0.5, 0.6) is 0 Å². The van der Waals surface area contributed by atoms with Crippen molar-refractivity contribution in [2.75, 3.05) is 7.11 Å². The average Bonchev–Trinajstić information content (AvgIpc) is 2.84. The quantitative estimate of drug-likeness (QED) is 0.859. The van der Waals surface area contributed by atoms with E-state index in [0.29, 0.717) is 6.42 Å². The van der Waals surface area contributed by atoms with Gasteiger partial charge in [-0.1, -0.05) is 6.07 Å². The second-order valence-electron chi connectivity index (χ2n) is 4.77. The number of esters is 1. The zero-order valence-corrected chi connectivity index (χ0v) is 12.3. The molecule has 1 aromatic heterocycles. The van der Waals surface area contributed by atoms with Crippen molar-refractivity contribution in [3.8, 4) is 0 Å². The Labute approximate surface area is 120 Å². The van der Waals surface area contributed by atoms with Gasteiger partial charge in [-0.3, -0.25) is 4.79 Å². The minimum Gasteiger partial charge on any atom is -0.467 e. The molecule has 0 bridgehead atoms. The lowest BCUT2D eigenvalue weighted by atomic mass is 9.92. The van der Waals surface area contributed by atoms with Crippen molar-refractivity contribution >= 4 is 34.6 Å². The van der Waals surface area contributed by atoms with Crippen LogP contribution in [0, 0.1) is 0 Å². The van der Waals surface area contributed by atoms with E-state index in [9.17, 15) is 9.59 Å². The SMILES string of the molecule is COC(=O)[C@](C)(Cc1ccc2nsnc2c1)NC(C)=O. The Hall–Kier alpha value is -2.02. The first-order valence-corrected chi connectivity index (χ1v) is 6.76. The Bertz CT molecular complexity index is 655. The third-order valence-electron chi connectivity index (χ3n) is 2.96. The minimum atomic E-state index is -1.10. The number of methoxy groups -OCH3 is 1. The van der Waals surface area contributed by atoms with Gasteiger partial charge < -0.3 is 10.1 Å². The number of fused-ring (bicyclic) bond motifs is 1. The van der Waals surface area contributed by atoms with Gasteiger partial charge in [0.15, 0.2) is 0 Å². The zero-order valence-electron chi connectivity index (χ0n) is 11.5. The van der Waals surface area contributed by atoms with Gasteiger partial charge >= 0.3 is 5.97 Å². The van der Waals surface area contributed by atoms with E-state index in [-0.39, 0.29) is 5.91 Å². The first-order chi connectivity index (χ1) is 9.44. The van der Waals surface area contributed by atoms with Gasteiger partial charge in [0.1, 0.15) is 16.6 Å². The van der Waals surface area contributed by atoms with E-state index < -0.39 is 11.5 Å². The van der Waals surface area contributed by atoms with Crippen LogP contribution in [0.2, 0.25) is 0 Å². The molecule has 0 saturated heterocycles. The van der Waals surface area contributed by atoms with Gasteiger partial charge in [-0.05, 0) is 24.6 Å².